The highest BCUT2D eigenvalue weighted by atomic mass is 16.1. The number of hydrogen-bond donors (Lipinski definition) is 0. The molecule has 2 heteroatoms. The molecule has 0 radical (unpaired) electrons. The van der Waals surface area contributed by atoms with Crippen molar-refractivity contribution in [1.82, 2.24) is 0 Å². The Kier molecular flexibility index (Phi) is 3.48. The number of allylic oxidation sites excluding steroid dienone is 1. The lowest BCUT2D eigenvalue weighted by Crippen LogP contribution is -2.57. The molecule has 3 saturated carbocycles. The second-order valence-electron chi connectivity index (χ2n) is 9.88. The predicted octanol–water partition coefficient (Wildman–Crippen LogP) is 5.11. The first kappa shape index (κ1) is 16.5. The van der Waals surface area contributed by atoms with E-state index in [1.165, 1.54) is 31.3 Å². The van der Waals surface area contributed by atoms with Gasteiger partial charge >= 0.3 is 0 Å². The van der Waals surface area contributed by atoms with E-state index in [0.717, 1.165) is 31.6 Å². The van der Waals surface area contributed by atoms with E-state index in [-0.39, 0.29) is 16.7 Å². The van der Waals surface area contributed by atoms with Gasteiger partial charge in [-0.05, 0) is 86.0 Å². The number of hydrogen-bond acceptors (Lipinski definition) is 2. The van der Waals surface area contributed by atoms with E-state index >= 15 is 0 Å². The van der Waals surface area contributed by atoms with E-state index in [1.807, 2.05) is 13.0 Å². The topological polar surface area (TPSA) is 34.1 Å². The van der Waals surface area contributed by atoms with Gasteiger partial charge in [0.25, 0.3) is 0 Å². The van der Waals surface area contributed by atoms with Crippen LogP contribution in [0, 0.1) is 34.0 Å². The predicted molar refractivity (Wildman–Crippen MR) is 95.5 cm³/mol. The number of carbonyl (C=O) groups is 2. The molecule has 0 amide bonds. The summed E-state index contributed by atoms with van der Waals surface area (Å²) >= 11 is 0. The molecule has 0 heterocycles. The zero-order valence-electron chi connectivity index (χ0n) is 15.8. The molecule has 0 aromatic heterocycles. The monoisotopic (exact) mass is 328 g/mol. The summed E-state index contributed by atoms with van der Waals surface area (Å²) in [5, 5.41) is 0. The number of rotatable bonds is 1. The smallest absolute Gasteiger partial charge is 0.155 e. The van der Waals surface area contributed by atoms with Gasteiger partial charge in [-0.25, -0.2) is 0 Å². The summed E-state index contributed by atoms with van der Waals surface area (Å²) in [5.41, 5.74) is 2.15. The lowest BCUT2D eigenvalue weighted by atomic mass is 9.40. The standard InChI is InChI=1S/C22H32O2/c1-14(23)17-7-8-18-19-6-5-15-13-16(24)9-10-21(15,3)22(19,4)12-11-20(17,18)2/h13,17-19H,5-12H2,1-4H3/t17-,18?,19+,20-,21+,22+/m1/s1. The highest BCUT2D eigenvalue weighted by Gasteiger charge is 2.64. The van der Waals surface area contributed by atoms with E-state index in [1.54, 1.807) is 0 Å². The molecule has 4 aliphatic rings. The van der Waals surface area contributed by atoms with Crippen LogP contribution in [0.1, 0.15) is 79.1 Å². The number of carbonyl (C=O) groups excluding carboxylic acids is 2. The van der Waals surface area contributed by atoms with Crippen molar-refractivity contribution in [3.8, 4) is 0 Å². The van der Waals surface area contributed by atoms with Crippen LogP contribution < -0.4 is 0 Å². The molecule has 3 fully saturated rings. The third-order valence-electron chi connectivity index (χ3n) is 9.29. The SMILES string of the molecule is CC(=O)[C@H]1CCC2[C@@H]3CCC4=CC(=O)CC[C@]4(C)[C@@]3(C)CC[C@@]21C. The first-order chi connectivity index (χ1) is 11.2. The molecule has 6 atom stereocenters. The largest absolute Gasteiger partial charge is 0.300 e. The van der Waals surface area contributed by atoms with Gasteiger partial charge in [0.2, 0.25) is 0 Å². The van der Waals surface area contributed by atoms with Crippen molar-refractivity contribution in [3.05, 3.63) is 11.6 Å². The molecule has 0 saturated heterocycles. The molecular formula is C22H32O2. The normalized spacial score (nSPS) is 50.6. The molecule has 0 spiro atoms. The Morgan fingerprint density at radius 2 is 1.75 bits per heavy atom. The van der Waals surface area contributed by atoms with E-state index < -0.39 is 0 Å². The van der Waals surface area contributed by atoms with Crippen LogP contribution in [0.5, 0.6) is 0 Å². The van der Waals surface area contributed by atoms with Crippen molar-refractivity contribution in [2.45, 2.75) is 79.1 Å². The van der Waals surface area contributed by atoms with Gasteiger partial charge in [0, 0.05) is 12.3 Å². The molecule has 2 nitrogen and oxygen atoms in total. The molecule has 132 valence electrons. The van der Waals surface area contributed by atoms with Gasteiger partial charge < -0.3 is 0 Å². The zero-order valence-corrected chi connectivity index (χ0v) is 15.8. The summed E-state index contributed by atoms with van der Waals surface area (Å²) in [5.74, 6) is 2.44. The minimum Gasteiger partial charge on any atom is -0.300 e. The Balaban J connectivity index is 1.74. The fourth-order valence-corrected chi connectivity index (χ4v) is 7.59. The van der Waals surface area contributed by atoms with Crippen LogP contribution in [-0.2, 0) is 9.59 Å². The van der Waals surface area contributed by atoms with Crippen LogP contribution in [0.2, 0.25) is 0 Å². The summed E-state index contributed by atoms with van der Waals surface area (Å²) in [6, 6.07) is 0. The Morgan fingerprint density at radius 3 is 2.46 bits per heavy atom. The van der Waals surface area contributed by atoms with Crippen LogP contribution in [0.25, 0.3) is 0 Å². The van der Waals surface area contributed by atoms with Crippen LogP contribution in [0.3, 0.4) is 0 Å². The molecule has 0 aliphatic heterocycles. The van der Waals surface area contributed by atoms with Crippen molar-refractivity contribution in [2.24, 2.45) is 34.0 Å². The van der Waals surface area contributed by atoms with Gasteiger partial charge in [0.15, 0.2) is 5.78 Å². The number of Topliss-reactive ketones (excluding diaryl/α,β-unsaturated/α-hetero) is 1. The van der Waals surface area contributed by atoms with Crippen molar-refractivity contribution < 1.29 is 9.59 Å². The van der Waals surface area contributed by atoms with Crippen molar-refractivity contribution in [1.29, 1.82) is 0 Å². The Hall–Kier alpha value is -0.920. The third kappa shape index (κ3) is 1.89. The maximum atomic E-state index is 12.2. The van der Waals surface area contributed by atoms with Crippen LogP contribution in [0.4, 0.5) is 0 Å². The Labute approximate surface area is 146 Å². The minimum atomic E-state index is 0.194. The quantitative estimate of drug-likeness (QED) is 0.670. The summed E-state index contributed by atoms with van der Waals surface area (Å²) in [6.45, 7) is 9.18. The fraction of sp³-hybridized carbons (Fsp3) is 0.818. The van der Waals surface area contributed by atoms with Crippen LogP contribution in [0.15, 0.2) is 11.6 Å². The van der Waals surface area contributed by atoms with E-state index in [2.05, 4.69) is 20.8 Å². The number of ketones is 2. The van der Waals surface area contributed by atoms with Gasteiger partial charge in [0.1, 0.15) is 5.78 Å². The van der Waals surface area contributed by atoms with Gasteiger partial charge in [-0.1, -0.05) is 26.3 Å². The second-order valence-corrected chi connectivity index (χ2v) is 9.88. The first-order valence-electron chi connectivity index (χ1n) is 9.97. The van der Waals surface area contributed by atoms with Gasteiger partial charge in [-0.3, -0.25) is 9.59 Å². The van der Waals surface area contributed by atoms with Crippen LogP contribution in [-0.4, -0.2) is 11.6 Å². The third-order valence-corrected chi connectivity index (χ3v) is 9.29. The van der Waals surface area contributed by atoms with E-state index in [9.17, 15) is 9.59 Å². The summed E-state index contributed by atoms with van der Waals surface area (Å²) in [7, 11) is 0. The molecule has 1 unspecified atom stereocenters. The molecule has 4 rings (SSSR count). The van der Waals surface area contributed by atoms with E-state index in [0.29, 0.717) is 22.9 Å². The molecule has 0 aromatic rings. The molecule has 0 N–H and O–H groups in total. The van der Waals surface area contributed by atoms with Crippen LogP contribution >= 0.6 is 0 Å². The maximum absolute atomic E-state index is 12.2. The Morgan fingerprint density at radius 1 is 1.00 bits per heavy atom. The average Bonchev–Trinajstić information content (AvgIpc) is 2.87. The first-order valence-corrected chi connectivity index (χ1v) is 9.97. The second kappa shape index (κ2) is 5.05. The lowest BCUT2D eigenvalue weighted by molar-refractivity contribution is -0.139. The molecule has 0 aromatic carbocycles. The molecule has 4 aliphatic carbocycles. The average molecular weight is 328 g/mol. The lowest BCUT2D eigenvalue weighted by Gasteiger charge is -2.64. The molecular weight excluding hydrogens is 296 g/mol. The van der Waals surface area contributed by atoms with E-state index in [4.69, 9.17) is 0 Å². The minimum absolute atomic E-state index is 0.194. The van der Waals surface area contributed by atoms with Crippen molar-refractivity contribution in [3.63, 3.8) is 0 Å². The Bertz CT molecular complexity index is 632. The van der Waals surface area contributed by atoms with Gasteiger partial charge in [-0.2, -0.15) is 0 Å². The summed E-state index contributed by atoms with van der Waals surface area (Å²) in [4.78, 5) is 24.2. The maximum Gasteiger partial charge on any atom is 0.155 e. The van der Waals surface area contributed by atoms with Crippen molar-refractivity contribution >= 4 is 11.6 Å². The number of fused-ring (bicyclic) bond motifs is 5. The zero-order chi connectivity index (χ0) is 17.3. The highest BCUT2D eigenvalue weighted by Crippen LogP contribution is 2.71. The summed E-state index contributed by atoms with van der Waals surface area (Å²) < 4.78 is 0. The molecule has 24 heavy (non-hydrogen) atoms. The van der Waals surface area contributed by atoms with Crippen molar-refractivity contribution in [2.75, 3.05) is 0 Å². The van der Waals surface area contributed by atoms with Gasteiger partial charge in [0.05, 0.1) is 0 Å². The molecule has 0 bridgehead atoms. The highest BCUT2D eigenvalue weighted by molar-refractivity contribution is 5.91. The summed E-state index contributed by atoms with van der Waals surface area (Å²) in [6.07, 6.45) is 10.8. The fourth-order valence-electron chi connectivity index (χ4n) is 7.59. The van der Waals surface area contributed by atoms with Gasteiger partial charge in [-0.15, -0.1) is 0 Å².